The van der Waals surface area contributed by atoms with Crippen molar-refractivity contribution in [1.29, 1.82) is 0 Å². The molecule has 278 valence electrons. The second kappa shape index (κ2) is 15.1. The molecule has 0 amide bonds. The largest absolute Gasteiger partial charge is 0.315 e. The van der Waals surface area contributed by atoms with Crippen molar-refractivity contribution in [2.45, 2.75) is 37.8 Å². The Bertz CT molecular complexity index is 2590. The summed E-state index contributed by atoms with van der Waals surface area (Å²) in [4.78, 5) is 20.8. The predicted octanol–water partition coefficient (Wildman–Crippen LogP) is 6.44. The van der Waals surface area contributed by atoms with Crippen molar-refractivity contribution in [3.8, 4) is 22.3 Å². The minimum Gasteiger partial charge on any atom is -0.315 e. The number of aryl methyl sites for hydroxylation is 2. The van der Waals surface area contributed by atoms with Crippen LogP contribution < -0.4 is 16.0 Å². The number of fused-ring (bicyclic) bond motifs is 2. The standard InChI is InChI=1S/C19H20N8S.C18H18N8S/c1-26-7-3-4-16(26)18-24-25-19(28-18)23-17-6-5-14-15(22-17)8-12(9-20-14)13-10-21-27(2)11-13;1-26-10-12(9-21-26)11-7-15-13(20-8-11)4-5-16(22-15)23-18-25-24-17(27-18)14-3-2-6-19-14/h5-6,8-11,16H,3-4,7H2,1-2H3,(H,22,23,25);4-5,7-10,14,19H,2-3,6H2,1H3,(H,22,23,25). The number of rotatable bonds is 8. The third-order valence-corrected chi connectivity index (χ3v) is 11.6. The number of aromatic nitrogens is 12. The van der Waals surface area contributed by atoms with E-state index in [1.807, 2.05) is 87.7 Å². The topological polar surface area (TPSA) is 178 Å². The molecule has 2 atom stereocenters. The van der Waals surface area contributed by atoms with Crippen molar-refractivity contribution in [3.63, 3.8) is 0 Å². The highest BCUT2D eigenvalue weighted by Crippen LogP contribution is 2.34. The molecular weight excluding hydrogens is 733 g/mol. The number of anilines is 4. The second-order valence-corrected chi connectivity index (χ2v) is 15.7. The monoisotopic (exact) mass is 770 g/mol. The van der Waals surface area contributed by atoms with Crippen LogP contribution in [-0.2, 0) is 14.1 Å². The SMILES string of the molecule is CN1CCCC1c1nnc(Nc2ccc3ncc(-c4cnn(C)c4)cc3n2)s1.Cn1cc(-c2cnc3ccc(Nc4nnc(C5CCCN5)s4)nc3c2)cn1. The highest BCUT2D eigenvalue weighted by atomic mass is 32.1. The highest BCUT2D eigenvalue weighted by molar-refractivity contribution is 7.15. The molecule has 2 aliphatic heterocycles. The fourth-order valence-corrected chi connectivity index (χ4v) is 8.60. The maximum atomic E-state index is 4.71. The molecule has 2 aliphatic rings. The van der Waals surface area contributed by atoms with Gasteiger partial charge in [0, 0.05) is 61.1 Å². The van der Waals surface area contributed by atoms with Gasteiger partial charge in [-0.1, -0.05) is 22.7 Å². The summed E-state index contributed by atoms with van der Waals surface area (Å²) in [5.74, 6) is 1.47. The first-order valence-corrected chi connectivity index (χ1v) is 19.7. The van der Waals surface area contributed by atoms with Crippen molar-refractivity contribution in [3.05, 3.63) is 83.6 Å². The lowest BCUT2D eigenvalue weighted by molar-refractivity contribution is 0.315. The number of hydrogen-bond acceptors (Lipinski definition) is 16. The van der Waals surface area contributed by atoms with E-state index in [0.29, 0.717) is 12.1 Å². The van der Waals surface area contributed by atoms with Gasteiger partial charge in [-0.15, -0.1) is 20.4 Å². The summed E-state index contributed by atoms with van der Waals surface area (Å²) in [5.41, 5.74) is 7.37. The van der Waals surface area contributed by atoms with E-state index >= 15 is 0 Å². The second-order valence-electron chi connectivity index (χ2n) is 13.7. The van der Waals surface area contributed by atoms with Gasteiger partial charge in [0.15, 0.2) is 0 Å². The molecule has 18 heteroatoms. The van der Waals surface area contributed by atoms with Gasteiger partial charge in [-0.25, -0.2) is 9.97 Å². The lowest BCUT2D eigenvalue weighted by atomic mass is 10.1. The zero-order valence-electron chi connectivity index (χ0n) is 30.5. The molecule has 0 aliphatic carbocycles. The average molecular weight is 771 g/mol. The minimum atomic E-state index is 0.328. The van der Waals surface area contributed by atoms with Crippen molar-refractivity contribution >= 4 is 66.6 Å². The van der Waals surface area contributed by atoms with Gasteiger partial charge in [-0.3, -0.25) is 24.2 Å². The lowest BCUT2D eigenvalue weighted by Crippen LogP contribution is -2.17. The predicted molar refractivity (Wildman–Crippen MR) is 214 cm³/mol. The normalized spacial score (nSPS) is 17.1. The van der Waals surface area contributed by atoms with Crippen LogP contribution in [0, 0.1) is 0 Å². The molecule has 2 saturated heterocycles. The highest BCUT2D eigenvalue weighted by Gasteiger charge is 2.26. The Morgan fingerprint density at radius 1 is 0.636 bits per heavy atom. The number of nitrogens with zero attached hydrogens (tertiary/aromatic N) is 13. The molecular formula is C37H38N16S2. The van der Waals surface area contributed by atoms with Gasteiger partial charge in [0.05, 0.1) is 46.5 Å². The molecule has 0 radical (unpaired) electrons. The van der Waals surface area contributed by atoms with Crippen LogP contribution in [0.25, 0.3) is 44.3 Å². The van der Waals surface area contributed by atoms with E-state index < -0.39 is 0 Å². The van der Waals surface area contributed by atoms with Gasteiger partial charge >= 0.3 is 0 Å². The molecule has 55 heavy (non-hydrogen) atoms. The molecule has 16 nitrogen and oxygen atoms in total. The molecule has 10 rings (SSSR count). The number of nitrogens with one attached hydrogen (secondary N) is 3. The van der Waals surface area contributed by atoms with Crippen molar-refractivity contribution in [1.82, 2.24) is 70.1 Å². The van der Waals surface area contributed by atoms with Crippen LogP contribution in [0.5, 0.6) is 0 Å². The van der Waals surface area contributed by atoms with E-state index in [9.17, 15) is 0 Å². The molecule has 0 bridgehead atoms. The number of likely N-dealkylation sites (tertiary alicyclic amines) is 1. The summed E-state index contributed by atoms with van der Waals surface area (Å²) in [7, 11) is 5.94. The zero-order chi connectivity index (χ0) is 37.3. The zero-order valence-corrected chi connectivity index (χ0v) is 32.1. The van der Waals surface area contributed by atoms with Crippen LogP contribution in [0.1, 0.15) is 47.8 Å². The third-order valence-electron chi connectivity index (χ3n) is 9.67. The van der Waals surface area contributed by atoms with Gasteiger partial charge < -0.3 is 16.0 Å². The van der Waals surface area contributed by atoms with Crippen LogP contribution in [0.2, 0.25) is 0 Å². The van der Waals surface area contributed by atoms with E-state index in [1.54, 1.807) is 32.0 Å². The first-order chi connectivity index (χ1) is 26.9. The Hall–Kier alpha value is -5.82. The smallest absolute Gasteiger partial charge is 0.211 e. The lowest BCUT2D eigenvalue weighted by Gasteiger charge is -2.15. The van der Waals surface area contributed by atoms with Crippen LogP contribution in [0.3, 0.4) is 0 Å². The Kier molecular flexibility index (Phi) is 9.61. The van der Waals surface area contributed by atoms with E-state index in [-0.39, 0.29) is 0 Å². The summed E-state index contributed by atoms with van der Waals surface area (Å²) in [6.07, 6.45) is 15.9. The van der Waals surface area contributed by atoms with Crippen LogP contribution in [0.4, 0.5) is 21.9 Å². The van der Waals surface area contributed by atoms with E-state index in [1.165, 1.54) is 12.8 Å². The van der Waals surface area contributed by atoms with Crippen molar-refractivity contribution < 1.29 is 0 Å². The molecule has 0 spiro atoms. The molecule has 2 fully saturated rings. The molecule has 8 aromatic heterocycles. The number of hydrogen-bond donors (Lipinski definition) is 3. The minimum absolute atomic E-state index is 0.328. The van der Waals surface area contributed by atoms with Gasteiger partial charge in [0.1, 0.15) is 21.7 Å². The van der Waals surface area contributed by atoms with Gasteiger partial charge in [-0.05, 0) is 82.2 Å². The van der Waals surface area contributed by atoms with Gasteiger partial charge in [-0.2, -0.15) is 10.2 Å². The summed E-state index contributed by atoms with van der Waals surface area (Å²) >= 11 is 3.17. The maximum absolute atomic E-state index is 4.71. The van der Waals surface area contributed by atoms with Crippen LogP contribution >= 0.6 is 22.7 Å². The van der Waals surface area contributed by atoms with Crippen LogP contribution in [0.15, 0.2) is 73.6 Å². The molecule has 0 saturated carbocycles. The molecule has 2 unspecified atom stereocenters. The molecule has 0 aromatic carbocycles. The summed E-state index contributed by atoms with van der Waals surface area (Å²) in [6.45, 7) is 2.16. The van der Waals surface area contributed by atoms with Crippen molar-refractivity contribution in [2.24, 2.45) is 14.1 Å². The Morgan fingerprint density at radius 2 is 1.22 bits per heavy atom. The quantitative estimate of drug-likeness (QED) is 0.154. The molecule has 10 heterocycles. The average Bonchev–Trinajstić information content (AvgIpc) is 4.05. The fourth-order valence-electron chi connectivity index (χ4n) is 6.79. The summed E-state index contributed by atoms with van der Waals surface area (Å²) in [6, 6.07) is 12.5. The van der Waals surface area contributed by atoms with Gasteiger partial charge in [0.2, 0.25) is 10.3 Å². The Morgan fingerprint density at radius 3 is 1.73 bits per heavy atom. The van der Waals surface area contributed by atoms with E-state index in [0.717, 1.165) is 102 Å². The molecule has 8 aromatic rings. The van der Waals surface area contributed by atoms with Crippen LogP contribution in [-0.4, -0.2) is 84.9 Å². The van der Waals surface area contributed by atoms with E-state index in [2.05, 4.69) is 68.5 Å². The number of pyridine rings is 4. The van der Waals surface area contributed by atoms with E-state index in [4.69, 9.17) is 9.97 Å². The first kappa shape index (κ1) is 34.9. The third kappa shape index (κ3) is 7.74. The maximum Gasteiger partial charge on any atom is 0.211 e. The summed E-state index contributed by atoms with van der Waals surface area (Å²) < 4.78 is 3.55. The molecule has 3 N–H and O–H groups in total. The Balaban J connectivity index is 0.000000144. The summed E-state index contributed by atoms with van der Waals surface area (Å²) in [5, 5.41) is 39.3. The Labute approximate surface area is 324 Å². The van der Waals surface area contributed by atoms with Crippen molar-refractivity contribution in [2.75, 3.05) is 30.8 Å². The first-order valence-electron chi connectivity index (χ1n) is 18.1. The van der Waals surface area contributed by atoms with Gasteiger partial charge in [0.25, 0.3) is 0 Å². The fraction of sp³-hybridized carbons (Fsp3) is 0.297.